The molecule has 1 aromatic rings. The van der Waals surface area contributed by atoms with E-state index in [4.69, 9.17) is 4.84 Å². The Morgan fingerprint density at radius 3 is 2.87 bits per heavy atom. The fourth-order valence-electron chi connectivity index (χ4n) is 1.51. The van der Waals surface area contributed by atoms with Crippen LogP contribution in [0.4, 0.5) is 0 Å². The van der Waals surface area contributed by atoms with Crippen molar-refractivity contribution in [2.45, 2.75) is 12.5 Å². The van der Waals surface area contributed by atoms with Gasteiger partial charge in [0.15, 0.2) is 0 Å². The Kier molecular flexibility index (Phi) is 3.32. The molecule has 1 aliphatic heterocycles. The predicted molar refractivity (Wildman–Crippen MR) is 56.3 cm³/mol. The Bertz CT molecular complexity index is 321. The fraction of sp³-hybridized carbons (Fsp3) is 0.364. The molecule has 1 amide bonds. The van der Waals surface area contributed by atoms with E-state index in [0.717, 1.165) is 19.5 Å². The van der Waals surface area contributed by atoms with Crippen molar-refractivity contribution in [3.63, 3.8) is 0 Å². The Morgan fingerprint density at radius 1 is 1.40 bits per heavy atom. The molecule has 0 saturated carbocycles. The highest BCUT2D eigenvalue weighted by molar-refractivity contribution is 5.93. The molecule has 1 aliphatic rings. The van der Waals surface area contributed by atoms with Gasteiger partial charge in [0.1, 0.15) is 0 Å². The lowest BCUT2D eigenvalue weighted by atomic mass is 10.2. The molecule has 0 aromatic heterocycles. The second-order valence-electron chi connectivity index (χ2n) is 3.53. The van der Waals surface area contributed by atoms with E-state index < -0.39 is 0 Å². The third-order valence-electron chi connectivity index (χ3n) is 2.37. The molecule has 0 aliphatic carbocycles. The molecule has 0 bridgehead atoms. The number of nitrogens with one attached hydrogen (secondary N) is 2. The molecule has 0 radical (unpaired) electrons. The van der Waals surface area contributed by atoms with E-state index >= 15 is 0 Å². The van der Waals surface area contributed by atoms with Gasteiger partial charge in [0, 0.05) is 12.1 Å². The Hall–Kier alpha value is -1.39. The number of carbonyl (C=O) groups is 1. The summed E-state index contributed by atoms with van der Waals surface area (Å²) in [6.45, 7) is 1.75. The predicted octanol–water partition coefficient (Wildman–Crippen LogP) is 0.710. The number of benzene rings is 1. The zero-order valence-corrected chi connectivity index (χ0v) is 8.40. The third-order valence-corrected chi connectivity index (χ3v) is 2.37. The normalized spacial score (nSPS) is 20.1. The molecule has 4 heteroatoms. The lowest BCUT2D eigenvalue weighted by Crippen LogP contribution is -2.30. The summed E-state index contributed by atoms with van der Waals surface area (Å²) in [5.41, 5.74) is 3.08. The molecule has 15 heavy (non-hydrogen) atoms. The van der Waals surface area contributed by atoms with Gasteiger partial charge >= 0.3 is 0 Å². The van der Waals surface area contributed by atoms with Crippen LogP contribution in [0.5, 0.6) is 0 Å². The molecule has 2 rings (SSSR count). The molecule has 1 heterocycles. The van der Waals surface area contributed by atoms with Crippen molar-refractivity contribution in [1.82, 2.24) is 10.8 Å². The molecule has 1 aromatic carbocycles. The van der Waals surface area contributed by atoms with Crippen LogP contribution in [0.1, 0.15) is 16.8 Å². The van der Waals surface area contributed by atoms with Crippen molar-refractivity contribution in [2.24, 2.45) is 0 Å². The molecule has 80 valence electrons. The summed E-state index contributed by atoms with van der Waals surface area (Å²) in [5.74, 6) is -0.192. The first-order valence-corrected chi connectivity index (χ1v) is 5.08. The highest BCUT2D eigenvalue weighted by Gasteiger charge is 2.16. The van der Waals surface area contributed by atoms with Crippen molar-refractivity contribution in [1.29, 1.82) is 0 Å². The molecule has 0 spiro atoms. The number of amides is 1. The summed E-state index contributed by atoms with van der Waals surface area (Å²) in [5, 5.41) is 3.16. The molecule has 1 saturated heterocycles. The first-order chi connectivity index (χ1) is 7.36. The quantitative estimate of drug-likeness (QED) is 0.716. The summed E-state index contributed by atoms with van der Waals surface area (Å²) < 4.78 is 0. The van der Waals surface area contributed by atoms with Gasteiger partial charge in [-0.2, -0.15) is 0 Å². The van der Waals surface area contributed by atoms with Crippen LogP contribution in [0, 0.1) is 0 Å². The monoisotopic (exact) mass is 206 g/mol. The number of carbonyl (C=O) groups excluding carboxylic acids is 1. The summed E-state index contributed by atoms with van der Waals surface area (Å²) in [6.07, 6.45) is 1.03. The highest BCUT2D eigenvalue weighted by Crippen LogP contribution is 2.02. The van der Waals surface area contributed by atoms with Gasteiger partial charge in [-0.3, -0.25) is 9.63 Å². The van der Waals surface area contributed by atoms with E-state index in [0.29, 0.717) is 5.56 Å². The maximum absolute atomic E-state index is 11.5. The second-order valence-corrected chi connectivity index (χ2v) is 3.53. The number of hydroxylamine groups is 1. The van der Waals surface area contributed by atoms with E-state index in [-0.39, 0.29) is 12.0 Å². The molecule has 1 atom stereocenters. The van der Waals surface area contributed by atoms with Gasteiger partial charge in [-0.25, -0.2) is 5.48 Å². The maximum Gasteiger partial charge on any atom is 0.274 e. The fourth-order valence-corrected chi connectivity index (χ4v) is 1.51. The Morgan fingerprint density at radius 2 is 2.20 bits per heavy atom. The van der Waals surface area contributed by atoms with E-state index in [1.54, 1.807) is 12.1 Å². The van der Waals surface area contributed by atoms with Crippen molar-refractivity contribution in [2.75, 3.05) is 13.1 Å². The van der Waals surface area contributed by atoms with Gasteiger partial charge in [-0.1, -0.05) is 18.2 Å². The Balaban J connectivity index is 1.82. The van der Waals surface area contributed by atoms with Gasteiger partial charge in [0.2, 0.25) is 0 Å². The zero-order chi connectivity index (χ0) is 10.5. The summed E-state index contributed by atoms with van der Waals surface area (Å²) in [4.78, 5) is 16.8. The van der Waals surface area contributed by atoms with Crippen LogP contribution >= 0.6 is 0 Å². The van der Waals surface area contributed by atoms with Crippen LogP contribution in [0.25, 0.3) is 0 Å². The van der Waals surface area contributed by atoms with Crippen LogP contribution in [0.2, 0.25) is 0 Å². The van der Waals surface area contributed by atoms with Gasteiger partial charge in [-0.15, -0.1) is 0 Å². The summed E-state index contributed by atoms with van der Waals surface area (Å²) in [7, 11) is 0. The number of rotatable bonds is 3. The van der Waals surface area contributed by atoms with Crippen LogP contribution in [-0.2, 0) is 4.84 Å². The second kappa shape index (κ2) is 4.91. The lowest BCUT2D eigenvalue weighted by Gasteiger charge is -2.10. The van der Waals surface area contributed by atoms with Gasteiger partial charge < -0.3 is 5.32 Å². The molecule has 2 N–H and O–H groups in total. The topological polar surface area (TPSA) is 50.4 Å². The standard InChI is InChI=1S/C11H14N2O2/c14-11(9-4-2-1-3-5-9)13-15-10-6-7-12-8-10/h1-5,10,12H,6-8H2,(H,13,14). The van der Waals surface area contributed by atoms with Crippen molar-refractivity contribution in [3.05, 3.63) is 35.9 Å². The van der Waals surface area contributed by atoms with Crippen LogP contribution in [0.15, 0.2) is 30.3 Å². The molecule has 4 nitrogen and oxygen atoms in total. The minimum absolute atomic E-state index is 0.0951. The molecular formula is C11H14N2O2. The minimum atomic E-state index is -0.192. The van der Waals surface area contributed by atoms with Gasteiger partial charge in [0.25, 0.3) is 5.91 Å². The first kappa shape index (κ1) is 10.1. The minimum Gasteiger partial charge on any atom is -0.314 e. The van der Waals surface area contributed by atoms with Crippen LogP contribution < -0.4 is 10.8 Å². The van der Waals surface area contributed by atoms with E-state index in [2.05, 4.69) is 10.8 Å². The van der Waals surface area contributed by atoms with E-state index in [9.17, 15) is 4.79 Å². The summed E-state index contributed by atoms with van der Waals surface area (Å²) >= 11 is 0. The van der Waals surface area contributed by atoms with Crippen LogP contribution in [0.3, 0.4) is 0 Å². The maximum atomic E-state index is 11.5. The first-order valence-electron chi connectivity index (χ1n) is 5.08. The molecular weight excluding hydrogens is 192 g/mol. The third kappa shape index (κ3) is 2.78. The van der Waals surface area contributed by atoms with Crippen LogP contribution in [-0.4, -0.2) is 25.1 Å². The smallest absolute Gasteiger partial charge is 0.274 e. The Labute approximate surface area is 88.6 Å². The van der Waals surface area contributed by atoms with E-state index in [1.165, 1.54) is 0 Å². The average molecular weight is 206 g/mol. The van der Waals surface area contributed by atoms with Gasteiger partial charge in [-0.05, 0) is 25.1 Å². The zero-order valence-electron chi connectivity index (χ0n) is 8.40. The van der Waals surface area contributed by atoms with Crippen molar-refractivity contribution in [3.8, 4) is 0 Å². The SMILES string of the molecule is O=C(NOC1CCNC1)c1ccccc1. The number of hydrogen-bond acceptors (Lipinski definition) is 3. The number of hydrogen-bond donors (Lipinski definition) is 2. The molecule has 1 unspecified atom stereocenters. The molecule has 1 fully saturated rings. The average Bonchev–Trinajstić information content (AvgIpc) is 2.80. The van der Waals surface area contributed by atoms with E-state index in [1.807, 2.05) is 18.2 Å². The lowest BCUT2D eigenvalue weighted by molar-refractivity contribution is -0.00680. The van der Waals surface area contributed by atoms with Crippen molar-refractivity contribution >= 4 is 5.91 Å². The van der Waals surface area contributed by atoms with Crippen molar-refractivity contribution < 1.29 is 9.63 Å². The summed E-state index contributed by atoms with van der Waals surface area (Å²) in [6, 6.07) is 9.04. The highest BCUT2D eigenvalue weighted by atomic mass is 16.7. The van der Waals surface area contributed by atoms with Gasteiger partial charge in [0.05, 0.1) is 6.10 Å². The largest absolute Gasteiger partial charge is 0.314 e.